The Bertz CT molecular complexity index is 983. The van der Waals surface area contributed by atoms with Gasteiger partial charge in [-0.25, -0.2) is 9.78 Å². The van der Waals surface area contributed by atoms with Crippen molar-refractivity contribution in [3.63, 3.8) is 0 Å². The molecule has 28 heavy (non-hydrogen) atoms. The number of phenolic OH excluding ortho intramolecular Hbond substituents is 1. The van der Waals surface area contributed by atoms with Gasteiger partial charge in [0.1, 0.15) is 12.2 Å². The Morgan fingerprint density at radius 2 is 2.18 bits per heavy atom. The number of aliphatic hydroxyl groups is 1. The Morgan fingerprint density at radius 1 is 1.50 bits per heavy atom. The molecule has 2 N–H and O–H groups in total. The van der Waals surface area contributed by atoms with Gasteiger partial charge in [-0.3, -0.25) is 0 Å². The maximum absolute atomic E-state index is 12.4. The summed E-state index contributed by atoms with van der Waals surface area (Å²) in [5.74, 6) is -0.253. The number of fused-ring (bicyclic) bond motifs is 3. The van der Waals surface area contributed by atoms with Crippen LogP contribution in [0.4, 0.5) is 0 Å². The summed E-state index contributed by atoms with van der Waals surface area (Å²) in [5.41, 5.74) is 3.28. The van der Waals surface area contributed by atoms with Crippen LogP contribution in [-0.2, 0) is 9.53 Å². The van der Waals surface area contributed by atoms with Crippen molar-refractivity contribution in [2.75, 3.05) is 0 Å². The van der Waals surface area contributed by atoms with E-state index in [4.69, 9.17) is 9.47 Å². The van der Waals surface area contributed by atoms with Crippen molar-refractivity contribution in [1.29, 1.82) is 0 Å². The number of thiazole rings is 1. The number of hydrogen-bond acceptors (Lipinski definition) is 7. The van der Waals surface area contributed by atoms with Gasteiger partial charge >= 0.3 is 5.97 Å². The Hall–Kier alpha value is -2.38. The van der Waals surface area contributed by atoms with E-state index in [1.807, 2.05) is 0 Å². The van der Waals surface area contributed by atoms with Crippen molar-refractivity contribution in [1.82, 2.24) is 4.98 Å². The first kappa shape index (κ1) is 20.4. The molecule has 0 bridgehead atoms. The molecule has 7 heteroatoms. The van der Waals surface area contributed by atoms with E-state index in [1.54, 1.807) is 46.2 Å². The first-order valence-electron chi connectivity index (χ1n) is 9.07. The van der Waals surface area contributed by atoms with Crippen LogP contribution in [-0.4, -0.2) is 39.0 Å². The van der Waals surface area contributed by atoms with Crippen LogP contribution in [0.15, 0.2) is 23.7 Å². The van der Waals surface area contributed by atoms with Crippen molar-refractivity contribution >= 4 is 33.1 Å². The summed E-state index contributed by atoms with van der Waals surface area (Å²) >= 11 is 1.40. The van der Waals surface area contributed by atoms with Crippen LogP contribution in [0.3, 0.4) is 0 Å². The van der Waals surface area contributed by atoms with E-state index >= 15 is 0 Å². The van der Waals surface area contributed by atoms with E-state index in [2.05, 4.69) is 11.6 Å². The van der Waals surface area contributed by atoms with E-state index in [0.29, 0.717) is 27.8 Å². The van der Waals surface area contributed by atoms with Gasteiger partial charge in [0.15, 0.2) is 11.5 Å². The number of carbonyl (C=O) groups is 1. The third kappa shape index (κ3) is 3.40. The highest BCUT2D eigenvalue weighted by atomic mass is 32.1. The number of aromatic nitrogens is 1. The topological polar surface area (TPSA) is 88.9 Å². The molecule has 0 saturated carbocycles. The van der Waals surface area contributed by atoms with Gasteiger partial charge in [-0.15, -0.1) is 11.3 Å². The standard InChI is InChI=1S/C21H25NO5S/c1-7-10(2)20(24)26-13-8-14(21(5,6)25)27-18-15(11(13)3)19-16(22-9-28-19)12(4)17(18)23/h7,9,13-14,23,25H,3,8H2,1-2,4-6H3/b10-7-/t13-,14+/m0/s1. The van der Waals surface area contributed by atoms with Gasteiger partial charge in [0.25, 0.3) is 0 Å². The van der Waals surface area contributed by atoms with E-state index in [1.165, 1.54) is 11.3 Å². The lowest BCUT2D eigenvalue weighted by Crippen LogP contribution is -2.42. The summed E-state index contributed by atoms with van der Waals surface area (Å²) < 4.78 is 12.6. The monoisotopic (exact) mass is 403 g/mol. The summed E-state index contributed by atoms with van der Waals surface area (Å²) in [4.78, 5) is 16.8. The first-order chi connectivity index (χ1) is 13.1. The third-order valence-corrected chi connectivity index (χ3v) is 5.98. The minimum absolute atomic E-state index is 0.0413. The van der Waals surface area contributed by atoms with Gasteiger partial charge in [0.05, 0.1) is 21.3 Å². The van der Waals surface area contributed by atoms with Crippen LogP contribution >= 0.6 is 11.3 Å². The predicted molar refractivity (Wildman–Crippen MR) is 110 cm³/mol. The van der Waals surface area contributed by atoms with Crippen molar-refractivity contribution in [2.24, 2.45) is 0 Å². The van der Waals surface area contributed by atoms with Gasteiger partial charge in [0.2, 0.25) is 0 Å². The zero-order valence-electron chi connectivity index (χ0n) is 16.7. The molecule has 0 fully saturated rings. The lowest BCUT2D eigenvalue weighted by atomic mass is 9.92. The highest BCUT2D eigenvalue weighted by Crippen LogP contribution is 2.49. The molecule has 0 saturated heterocycles. The number of allylic oxidation sites excluding steroid dienone is 1. The molecule has 0 radical (unpaired) electrons. The number of ether oxygens (including phenoxy) is 2. The summed E-state index contributed by atoms with van der Waals surface area (Å²) in [6.07, 6.45) is 0.451. The maximum atomic E-state index is 12.4. The third-order valence-electron chi connectivity index (χ3n) is 5.14. The van der Waals surface area contributed by atoms with Crippen LogP contribution in [0.2, 0.25) is 0 Å². The van der Waals surface area contributed by atoms with Crippen LogP contribution in [0.25, 0.3) is 15.8 Å². The van der Waals surface area contributed by atoms with E-state index in [9.17, 15) is 15.0 Å². The normalized spacial score (nSPS) is 20.5. The van der Waals surface area contributed by atoms with E-state index < -0.39 is 23.8 Å². The molecule has 150 valence electrons. The minimum atomic E-state index is -1.23. The van der Waals surface area contributed by atoms with Crippen LogP contribution in [0, 0.1) is 6.92 Å². The lowest BCUT2D eigenvalue weighted by Gasteiger charge is -2.30. The maximum Gasteiger partial charge on any atom is 0.333 e. The molecule has 0 aliphatic carbocycles. The van der Waals surface area contributed by atoms with Crippen LogP contribution in [0.1, 0.15) is 45.2 Å². The number of nitrogens with zero attached hydrogens (tertiary/aromatic N) is 1. The average molecular weight is 404 g/mol. The molecule has 1 aromatic carbocycles. The van der Waals surface area contributed by atoms with Gasteiger partial charge < -0.3 is 19.7 Å². The molecule has 2 aromatic rings. The molecule has 0 spiro atoms. The zero-order valence-corrected chi connectivity index (χ0v) is 17.5. The second-order valence-electron chi connectivity index (χ2n) is 7.59. The Kier molecular flexibility index (Phi) is 5.25. The number of hydrogen-bond donors (Lipinski definition) is 2. The van der Waals surface area contributed by atoms with Gasteiger partial charge in [-0.2, -0.15) is 0 Å². The molecule has 0 unspecified atom stereocenters. The fourth-order valence-corrected chi connectivity index (χ4v) is 4.10. The fraction of sp³-hybridized carbons (Fsp3) is 0.429. The highest BCUT2D eigenvalue weighted by molar-refractivity contribution is 7.17. The molecular weight excluding hydrogens is 378 g/mol. The average Bonchev–Trinajstić information content (AvgIpc) is 3.06. The van der Waals surface area contributed by atoms with E-state index in [0.717, 1.165) is 4.70 Å². The van der Waals surface area contributed by atoms with Crippen molar-refractivity contribution in [2.45, 2.75) is 58.8 Å². The van der Waals surface area contributed by atoms with Gasteiger partial charge in [-0.1, -0.05) is 12.7 Å². The highest BCUT2D eigenvalue weighted by Gasteiger charge is 2.40. The van der Waals surface area contributed by atoms with Crippen LogP contribution < -0.4 is 4.74 Å². The molecule has 6 nitrogen and oxygen atoms in total. The lowest BCUT2D eigenvalue weighted by molar-refractivity contribution is -0.143. The number of phenols is 1. The predicted octanol–water partition coefficient (Wildman–Crippen LogP) is 4.12. The summed E-state index contributed by atoms with van der Waals surface area (Å²) in [5, 5.41) is 21.4. The molecular formula is C21H25NO5S. The molecule has 0 amide bonds. The number of aromatic hydroxyl groups is 1. The fourth-order valence-electron chi connectivity index (χ4n) is 3.18. The number of esters is 1. The van der Waals surface area contributed by atoms with Crippen molar-refractivity contribution in [3.05, 3.63) is 34.9 Å². The smallest absolute Gasteiger partial charge is 0.333 e. The quantitative estimate of drug-likeness (QED) is 0.592. The van der Waals surface area contributed by atoms with Crippen molar-refractivity contribution < 1.29 is 24.5 Å². The Morgan fingerprint density at radius 3 is 2.79 bits per heavy atom. The number of benzene rings is 1. The molecule has 2 heterocycles. The number of carbonyl (C=O) groups excluding carboxylic acids is 1. The molecule has 1 aliphatic rings. The van der Waals surface area contributed by atoms with Gasteiger partial charge in [-0.05, 0) is 40.2 Å². The SMILES string of the molecule is C=C1c2c(c(O)c(C)c3ncsc23)O[C@@H](C(C)(C)O)C[C@@H]1OC(=O)/C(C)=C\C. The van der Waals surface area contributed by atoms with Gasteiger partial charge in [0, 0.05) is 23.1 Å². The first-order valence-corrected chi connectivity index (χ1v) is 9.95. The van der Waals surface area contributed by atoms with E-state index in [-0.39, 0.29) is 17.9 Å². The number of aryl methyl sites for hydroxylation is 1. The van der Waals surface area contributed by atoms with Crippen LogP contribution in [0.5, 0.6) is 11.5 Å². The molecule has 2 atom stereocenters. The minimum Gasteiger partial charge on any atom is -0.504 e. The molecule has 1 aromatic heterocycles. The molecule has 1 aliphatic heterocycles. The number of rotatable bonds is 3. The summed E-state index contributed by atoms with van der Waals surface area (Å²) in [7, 11) is 0. The van der Waals surface area contributed by atoms with Crippen molar-refractivity contribution in [3.8, 4) is 11.5 Å². The summed E-state index contributed by atoms with van der Waals surface area (Å²) in [6.45, 7) is 12.6. The second-order valence-corrected chi connectivity index (χ2v) is 8.45. The summed E-state index contributed by atoms with van der Waals surface area (Å²) in [6, 6.07) is 0. The second kappa shape index (κ2) is 7.22. The Labute approximate surface area is 168 Å². The molecule has 3 rings (SSSR count). The Balaban J connectivity index is 2.20. The zero-order chi connectivity index (χ0) is 20.8. The largest absolute Gasteiger partial charge is 0.504 e.